The number of carboxylic acids is 1. The summed E-state index contributed by atoms with van der Waals surface area (Å²) in [6.07, 6.45) is 0.151. The minimum Gasteiger partial charge on any atom is -0.481 e. The predicted octanol–water partition coefficient (Wildman–Crippen LogP) is 1.25. The van der Waals surface area contributed by atoms with Crippen molar-refractivity contribution >= 4 is 5.97 Å². The average Bonchev–Trinajstić information content (AvgIpc) is 2.89. The van der Waals surface area contributed by atoms with Crippen LogP contribution < -0.4 is 9.47 Å². The van der Waals surface area contributed by atoms with Gasteiger partial charge in [0.1, 0.15) is 0 Å². The molecule has 1 N–H and O–H groups in total. The van der Waals surface area contributed by atoms with Crippen LogP contribution in [0, 0.1) is 0 Å². The highest BCUT2D eigenvalue weighted by atomic mass is 16.7. The van der Waals surface area contributed by atoms with Crippen LogP contribution in [0.2, 0.25) is 0 Å². The maximum absolute atomic E-state index is 10.8. The first kappa shape index (κ1) is 15.6. The van der Waals surface area contributed by atoms with Crippen molar-refractivity contribution in [3.63, 3.8) is 0 Å². The SMILES string of the molecule is CN(C)CCN(CCC(=O)O)Cc1ccc2c(c1)OCO2. The molecule has 116 valence electrons. The zero-order valence-electron chi connectivity index (χ0n) is 12.5. The third-order valence-electron chi connectivity index (χ3n) is 3.35. The summed E-state index contributed by atoms with van der Waals surface area (Å²) >= 11 is 0. The lowest BCUT2D eigenvalue weighted by molar-refractivity contribution is -0.137. The van der Waals surface area contributed by atoms with E-state index in [1.165, 1.54) is 0 Å². The van der Waals surface area contributed by atoms with Gasteiger partial charge in [-0.15, -0.1) is 0 Å². The number of benzene rings is 1. The smallest absolute Gasteiger partial charge is 0.304 e. The lowest BCUT2D eigenvalue weighted by atomic mass is 10.2. The maximum Gasteiger partial charge on any atom is 0.304 e. The molecule has 0 fully saturated rings. The van der Waals surface area contributed by atoms with Gasteiger partial charge in [0, 0.05) is 26.2 Å². The summed E-state index contributed by atoms with van der Waals surface area (Å²) in [5.41, 5.74) is 1.10. The van der Waals surface area contributed by atoms with Gasteiger partial charge in [-0.25, -0.2) is 0 Å². The highest BCUT2D eigenvalue weighted by molar-refractivity contribution is 5.66. The van der Waals surface area contributed by atoms with Crippen molar-refractivity contribution in [3.05, 3.63) is 23.8 Å². The third-order valence-corrected chi connectivity index (χ3v) is 3.35. The lowest BCUT2D eigenvalue weighted by Gasteiger charge is -2.23. The van der Waals surface area contributed by atoms with Crippen molar-refractivity contribution in [3.8, 4) is 11.5 Å². The van der Waals surface area contributed by atoms with Crippen LogP contribution in [0.1, 0.15) is 12.0 Å². The van der Waals surface area contributed by atoms with E-state index in [1.54, 1.807) is 0 Å². The van der Waals surface area contributed by atoms with Crippen LogP contribution in [0.25, 0.3) is 0 Å². The molecule has 0 radical (unpaired) electrons. The molecule has 1 aromatic rings. The van der Waals surface area contributed by atoms with Gasteiger partial charge in [-0.2, -0.15) is 0 Å². The van der Waals surface area contributed by atoms with E-state index in [0.29, 0.717) is 13.1 Å². The molecule has 0 bridgehead atoms. The molecular formula is C15H22N2O4. The predicted molar refractivity (Wildman–Crippen MR) is 78.6 cm³/mol. The van der Waals surface area contributed by atoms with Gasteiger partial charge in [-0.3, -0.25) is 9.69 Å². The van der Waals surface area contributed by atoms with Crippen LogP contribution in [0.15, 0.2) is 18.2 Å². The average molecular weight is 294 g/mol. The fourth-order valence-electron chi connectivity index (χ4n) is 2.16. The quantitative estimate of drug-likeness (QED) is 0.778. The topological polar surface area (TPSA) is 62.2 Å². The summed E-state index contributed by atoms with van der Waals surface area (Å²) < 4.78 is 10.7. The Morgan fingerprint density at radius 3 is 2.67 bits per heavy atom. The number of hydrogen-bond donors (Lipinski definition) is 1. The number of ether oxygens (including phenoxy) is 2. The molecule has 0 spiro atoms. The first-order valence-electron chi connectivity index (χ1n) is 7.02. The second-order valence-electron chi connectivity index (χ2n) is 5.41. The molecule has 0 saturated heterocycles. The number of hydrogen-bond acceptors (Lipinski definition) is 5. The highest BCUT2D eigenvalue weighted by Crippen LogP contribution is 2.32. The lowest BCUT2D eigenvalue weighted by Crippen LogP contribution is -2.33. The molecule has 0 aromatic heterocycles. The number of carboxylic acid groups (broad SMARTS) is 1. The zero-order chi connectivity index (χ0) is 15.2. The van der Waals surface area contributed by atoms with E-state index in [-0.39, 0.29) is 13.2 Å². The van der Waals surface area contributed by atoms with Crippen molar-refractivity contribution < 1.29 is 19.4 Å². The summed E-state index contributed by atoms with van der Waals surface area (Å²) in [5.74, 6) is 0.762. The molecule has 0 atom stereocenters. The minimum atomic E-state index is -0.768. The van der Waals surface area contributed by atoms with E-state index in [1.807, 2.05) is 32.3 Å². The summed E-state index contributed by atoms with van der Waals surface area (Å²) in [7, 11) is 4.02. The van der Waals surface area contributed by atoms with E-state index in [0.717, 1.165) is 30.2 Å². The van der Waals surface area contributed by atoms with Crippen LogP contribution >= 0.6 is 0 Å². The largest absolute Gasteiger partial charge is 0.481 e. The standard InChI is InChI=1S/C15H22N2O4/c1-16(2)7-8-17(6-5-15(18)19)10-12-3-4-13-14(9-12)21-11-20-13/h3-4,9H,5-8,10-11H2,1-2H3,(H,18,19). The maximum atomic E-state index is 10.8. The Hall–Kier alpha value is -1.79. The first-order valence-corrected chi connectivity index (χ1v) is 7.02. The third kappa shape index (κ3) is 4.91. The van der Waals surface area contributed by atoms with Gasteiger partial charge in [0.25, 0.3) is 0 Å². The van der Waals surface area contributed by atoms with E-state index in [9.17, 15) is 4.79 Å². The normalized spacial score (nSPS) is 13.1. The van der Waals surface area contributed by atoms with Gasteiger partial charge in [0.05, 0.1) is 6.42 Å². The molecule has 1 aliphatic heterocycles. The molecule has 2 rings (SSSR count). The Labute approximate surface area is 124 Å². The minimum absolute atomic E-state index is 0.151. The molecule has 1 heterocycles. The van der Waals surface area contributed by atoms with Crippen LogP contribution in [0.3, 0.4) is 0 Å². The zero-order valence-corrected chi connectivity index (χ0v) is 12.5. The summed E-state index contributed by atoms with van der Waals surface area (Å²) in [5, 5.41) is 8.86. The van der Waals surface area contributed by atoms with Crippen LogP contribution in [0.5, 0.6) is 11.5 Å². The van der Waals surface area contributed by atoms with Gasteiger partial charge in [-0.05, 0) is 31.8 Å². The van der Waals surface area contributed by atoms with Gasteiger partial charge < -0.3 is 19.5 Å². The van der Waals surface area contributed by atoms with E-state index in [2.05, 4.69) is 9.80 Å². The van der Waals surface area contributed by atoms with E-state index >= 15 is 0 Å². The van der Waals surface area contributed by atoms with Crippen molar-refractivity contribution in [2.75, 3.05) is 40.5 Å². The van der Waals surface area contributed by atoms with E-state index < -0.39 is 5.97 Å². The summed E-state index contributed by atoms with van der Waals surface area (Å²) in [6, 6.07) is 5.86. The Morgan fingerprint density at radius 2 is 1.95 bits per heavy atom. The number of carbonyl (C=O) groups is 1. The number of rotatable bonds is 8. The molecule has 0 amide bonds. The fraction of sp³-hybridized carbons (Fsp3) is 0.533. The van der Waals surface area contributed by atoms with Gasteiger partial charge in [-0.1, -0.05) is 6.07 Å². The van der Waals surface area contributed by atoms with Gasteiger partial charge in [0.2, 0.25) is 6.79 Å². The molecule has 6 heteroatoms. The monoisotopic (exact) mass is 294 g/mol. The van der Waals surface area contributed by atoms with Gasteiger partial charge in [0.15, 0.2) is 11.5 Å². The highest BCUT2D eigenvalue weighted by Gasteiger charge is 2.15. The molecule has 6 nitrogen and oxygen atoms in total. The Bertz CT molecular complexity index is 491. The number of likely N-dealkylation sites (N-methyl/N-ethyl adjacent to an activating group) is 1. The Morgan fingerprint density at radius 1 is 1.19 bits per heavy atom. The number of fused-ring (bicyclic) bond motifs is 1. The van der Waals surface area contributed by atoms with Gasteiger partial charge >= 0.3 is 5.97 Å². The van der Waals surface area contributed by atoms with Crippen LogP contribution in [-0.4, -0.2) is 61.4 Å². The second-order valence-corrected chi connectivity index (χ2v) is 5.41. The van der Waals surface area contributed by atoms with E-state index in [4.69, 9.17) is 14.6 Å². The molecule has 1 aromatic carbocycles. The number of nitrogens with zero attached hydrogens (tertiary/aromatic N) is 2. The summed E-state index contributed by atoms with van der Waals surface area (Å²) in [4.78, 5) is 15.0. The van der Waals surface area contributed by atoms with Crippen molar-refractivity contribution in [2.24, 2.45) is 0 Å². The van der Waals surface area contributed by atoms with Crippen molar-refractivity contribution in [2.45, 2.75) is 13.0 Å². The van der Waals surface area contributed by atoms with Crippen molar-refractivity contribution in [1.29, 1.82) is 0 Å². The molecule has 0 unspecified atom stereocenters. The molecule has 1 aliphatic rings. The number of aliphatic carboxylic acids is 1. The first-order chi connectivity index (χ1) is 10.0. The fourth-order valence-corrected chi connectivity index (χ4v) is 2.16. The van der Waals surface area contributed by atoms with Crippen LogP contribution in [-0.2, 0) is 11.3 Å². The molecule has 21 heavy (non-hydrogen) atoms. The Kier molecular flexibility index (Phi) is 5.41. The molecule has 0 saturated carbocycles. The second kappa shape index (κ2) is 7.28. The Balaban J connectivity index is 1.97. The van der Waals surface area contributed by atoms with Crippen LogP contribution in [0.4, 0.5) is 0 Å². The summed E-state index contributed by atoms with van der Waals surface area (Å²) in [6.45, 7) is 3.23. The molecule has 0 aliphatic carbocycles. The van der Waals surface area contributed by atoms with Crippen molar-refractivity contribution in [1.82, 2.24) is 9.80 Å². The molecular weight excluding hydrogens is 272 g/mol.